The van der Waals surface area contributed by atoms with Crippen molar-refractivity contribution in [1.29, 1.82) is 0 Å². The van der Waals surface area contributed by atoms with Crippen LogP contribution in [0.25, 0.3) is 0 Å². The van der Waals surface area contributed by atoms with Gasteiger partial charge in [-0.3, -0.25) is 0 Å². The van der Waals surface area contributed by atoms with E-state index in [0.717, 1.165) is 9.63 Å². The van der Waals surface area contributed by atoms with Crippen molar-refractivity contribution >= 4 is 15.8 Å². The summed E-state index contributed by atoms with van der Waals surface area (Å²) in [7, 11) is 0. The van der Waals surface area contributed by atoms with Gasteiger partial charge in [-0.1, -0.05) is 0 Å². The zero-order chi connectivity index (χ0) is 6.73. The van der Waals surface area contributed by atoms with E-state index in [1.54, 1.807) is 0 Å². The molecule has 0 aliphatic heterocycles. The van der Waals surface area contributed by atoms with Crippen LogP contribution in [0.4, 0.5) is 0 Å². The third-order valence-electron chi connectivity index (χ3n) is 1.10. The first-order chi connectivity index (χ1) is 3.55. The van der Waals surface area contributed by atoms with E-state index in [1.165, 1.54) is 0 Å². The summed E-state index contributed by atoms with van der Waals surface area (Å²) in [5, 5.41) is 0. The fourth-order valence-electron chi connectivity index (χ4n) is 0.402. The van der Waals surface area contributed by atoms with Gasteiger partial charge in [0.05, 0.1) is 0 Å². The average Bonchev–Trinajstić information content (AvgIpc) is 1.64. The Hall–Kier alpha value is 1.12. The van der Waals surface area contributed by atoms with Crippen molar-refractivity contribution < 1.29 is 11.7 Å². The molecule has 0 nitrogen and oxygen atoms in total. The van der Waals surface area contributed by atoms with Crippen molar-refractivity contribution in [2.75, 3.05) is 0 Å². The summed E-state index contributed by atoms with van der Waals surface area (Å²) in [4.78, 5) is 1.73. The van der Waals surface area contributed by atoms with Crippen LogP contribution in [0, 0.1) is 0 Å². The van der Waals surface area contributed by atoms with Crippen LogP contribution in [0.15, 0.2) is 0 Å². The summed E-state index contributed by atoms with van der Waals surface area (Å²) >= 11 is 3.02. The molecule has 50 valence electrons. The molecule has 2 heteroatoms. The number of hydrogen-bond acceptors (Lipinski definition) is 0. The van der Waals surface area contributed by atoms with Crippen LogP contribution in [0.1, 0.15) is 27.7 Å². The first-order valence-corrected chi connectivity index (χ1v) is 4.99. The zero-order valence-corrected chi connectivity index (χ0v) is 7.40. The van der Waals surface area contributed by atoms with Gasteiger partial charge in [-0.25, -0.2) is 0 Å². The van der Waals surface area contributed by atoms with Crippen LogP contribution < -0.4 is 0 Å². The second kappa shape index (κ2) is 4.02. The average molecular weight is 157 g/mol. The molecule has 0 rings (SSSR count). The minimum absolute atomic E-state index is 0.688. The normalized spacial score (nSPS) is 13.2. The Bertz CT molecular complexity index is 53.5. The predicted molar refractivity (Wildman–Crippen MR) is 35.9 cm³/mol. The molecule has 0 atom stereocenters. The topological polar surface area (TPSA) is 0 Å². The molecule has 0 aromatic heterocycles. The van der Waals surface area contributed by atoms with E-state index in [2.05, 4.69) is 43.5 Å². The van der Waals surface area contributed by atoms with Crippen molar-refractivity contribution in [2.45, 2.75) is 37.3 Å². The van der Waals surface area contributed by atoms with Gasteiger partial charge >= 0.3 is 64.8 Å². The van der Waals surface area contributed by atoms with E-state index in [4.69, 9.17) is 0 Å². The van der Waals surface area contributed by atoms with E-state index < -0.39 is 0 Å². The van der Waals surface area contributed by atoms with E-state index >= 15 is 0 Å². The van der Waals surface area contributed by atoms with Crippen LogP contribution in [-0.2, 0) is 11.7 Å². The summed E-state index contributed by atoms with van der Waals surface area (Å²) < 4.78 is 0. The zero-order valence-electron chi connectivity index (χ0n) is 6.46. The van der Waals surface area contributed by atoms with Gasteiger partial charge in [0, 0.05) is 0 Å². The molecule has 0 unspecified atom stereocenters. The molecule has 0 bridgehead atoms. The Morgan fingerprint density at radius 2 is 1.25 bits per heavy atom. The van der Waals surface area contributed by atoms with Gasteiger partial charge in [-0.15, -0.1) is 0 Å². The third kappa shape index (κ3) is 3.20. The number of rotatable bonds is 2. The van der Waals surface area contributed by atoms with Gasteiger partial charge in [-0.2, -0.15) is 0 Å². The summed E-state index contributed by atoms with van der Waals surface area (Å²) in [6, 6.07) is 0. The summed E-state index contributed by atoms with van der Waals surface area (Å²) in [6.07, 6.45) is 0. The molecule has 0 radical (unpaired) electrons. The van der Waals surface area contributed by atoms with E-state index in [0.29, 0.717) is 11.7 Å². The molecule has 0 amide bonds. The van der Waals surface area contributed by atoms with Gasteiger partial charge in [0.25, 0.3) is 0 Å². The van der Waals surface area contributed by atoms with Gasteiger partial charge in [0.15, 0.2) is 0 Å². The molecule has 0 saturated heterocycles. The molecule has 0 aliphatic rings. The van der Waals surface area contributed by atoms with E-state index in [9.17, 15) is 0 Å². The Kier molecular flexibility index (Phi) is 4.58. The molecule has 0 heterocycles. The molecular formula is C6H14CuLi. The molecule has 0 N–H and O–H groups in total. The van der Waals surface area contributed by atoms with Crippen LogP contribution >= 0.6 is 0 Å². The second-order valence-corrected chi connectivity index (χ2v) is 5.88. The SMILES string of the molecule is [Li][Cu]([CH](C)C)[CH](C)C. The Morgan fingerprint density at radius 3 is 1.25 bits per heavy atom. The summed E-state index contributed by atoms with van der Waals surface area (Å²) in [6.45, 7) is 9.17. The molecule has 0 spiro atoms. The third-order valence-corrected chi connectivity index (χ3v) is 4.53. The second-order valence-electron chi connectivity index (χ2n) is 2.30. The van der Waals surface area contributed by atoms with Crippen LogP contribution in [0.3, 0.4) is 0 Å². The Morgan fingerprint density at radius 1 is 1.00 bits per heavy atom. The Labute approximate surface area is 64.8 Å². The molecule has 0 aliphatic carbocycles. The van der Waals surface area contributed by atoms with Gasteiger partial charge in [0.1, 0.15) is 0 Å². The van der Waals surface area contributed by atoms with Crippen molar-refractivity contribution in [3.05, 3.63) is 0 Å². The molecule has 0 fully saturated rings. The van der Waals surface area contributed by atoms with Gasteiger partial charge in [-0.05, 0) is 0 Å². The van der Waals surface area contributed by atoms with Crippen LogP contribution in [0.5, 0.6) is 0 Å². The summed E-state index contributed by atoms with van der Waals surface area (Å²) in [5.41, 5.74) is 0. The van der Waals surface area contributed by atoms with Crippen molar-refractivity contribution in [1.82, 2.24) is 0 Å². The van der Waals surface area contributed by atoms with Crippen molar-refractivity contribution in [3.8, 4) is 0 Å². The van der Waals surface area contributed by atoms with Crippen molar-refractivity contribution in [3.63, 3.8) is 0 Å². The molecule has 8 heavy (non-hydrogen) atoms. The van der Waals surface area contributed by atoms with Crippen molar-refractivity contribution in [2.24, 2.45) is 0 Å². The fourth-order valence-corrected chi connectivity index (χ4v) is 1.66. The van der Waals surface area contributed by atoms with Gasteiger partial charge in [0.2, 0.25) is 0 Å². The van der Waals surface area contributed by atoms with Crippen LogP contribution in [0.2, 0.25) is 9.63 Å². The molecule has 0 aromatic carbocycles. The molecule has 0 saturated carbocycles. The maximum absolute atomic E-state index is 2.34. The predicted octanol–water partition coefficient (Wildman–Crippen LogP) is 2.34. The summed E-state index contributed by atoms with van der Waals surface area (Å²) in [5.74, 6) is 0. The molecule has 0 aromatic rings. The fraction of sp³-hybridized carbons (Fsp3) is 1.00. The monoisotopic (exact) mass is 156 g/mol. The van der Waals surface area contributed by atoms with E-state index in [1.807, 2.05) is 0 Å². The van der Waals surface area contributed by atoms with Crippen LogP contribution in [-0.4, -0.2) is 15.8 Å². The first-order valence-electron chi connectivity index (χ1n) is 2.96. The number of hydrogen-bond donors (Lipinski definition) is 0. The van der Waals surface area contributed by atoms with E-state index in [-0.39, 0.29) is 0 Å². The van der Waals surface area contributed by atoms with Gasteiger partial charge < -0.3 is 0 Å². The first kappa shape index (κ1) is 9.12. The molecular weight excluding hydrogens is 143 g/mol. The Balaban J connectivity index is 3.46. The minimum atomic E-state index is 0.688. The standard InChI is InChI=1S/2C3H7.Cu.Li/c2*1-3-2;;/h2*3H,1-2H3;;. The quantitative estimate of drug-likeness (QED) is 0.539. The maximum atomic E-state index is 2.34.